The van der Waals surface area contributed by atoms with Gasteiger partial charge in [0.2, 0.25) is 0 Å². The summed E-state index contributed by atoms with van der Waals surface area (Å²) in [5.74, 6) is 1.15. The molecule has 0 aliphatic rings. The van der Waals surface area contributed by atoms with Crippen LogP contribution in [-0.2, 0) is 9.59 Å². The lowest BCUT2D eigenvalue weighted by molar-refractivity contribution is -0.130. The van der Waals surface area contributed by atoms with Crippen molar-refractivity contribution in [2.24, 2.45) is 0 Å². The van der Waals surface area contributed by atoms with Crippen LogP contribution in [0.25, 0.3) is 22.3 Å². The highest BCUT2D eigenvalue weighted by molar-refractivity contribution is 5.88. The van der Waals surface area contributed by atoms with Crippen molar-refractivity contribution in [3.05, 3.63) is 78.9 Å². The van der Waals surface area contributed by atoms with Gasteiger partial charge in [-0.3, -0.25) is 4.79 Å². The minimum absolute atomic E-state index is 0.332. The average molecular weight is 388 g/mol. The van der Waals surface area contributed by atoms with Crippen LogP contribution in [0, 0.1) is 0 Å². The van der Waals surface area contributed by atoms with Gasteiger partial charge in [-0.1, -0.05) is 43.0 Å². The Morgan fingerprint density at radius 2 is 1.45 bits per heavy atom. The Morgan fingerprint density at radius 1 is 0.862 bits per heavy atom. The smallest absolute Gasteiger partial charge is 0.338 e. The van der Waals surface area contributed by atoms with Gasteiger partial charge >= 0.3 is 5.97 Å². The monoisotopic (exact) mass is 388 g/mol. The summed E-state index contributed by atoms with van der Waals surface area (Å²) in [5, 5.41) is 0. The third kappa shape index (κ3) is 4.71. The number of hydrogen-bond donors (Lipinski definition) is 0. The van der Waals surface area contributed by atoms with Crippen LogP contribution < -0.4 is 14.2 Å². The molecular formula is C24H20O5. The van der Waals surface area contributed by atoms with E-state index in [0.29, 0.717) is 23.5 Å². The number of hydrogen-bond acceptors (Lipinski definition) is 5. The summed E-state index contributed by atoms with van der Waals surface area (Å²) in [6.07, 6.45) is 0. The van der Waals surface area contributed by atoms with Crippen LogP contribution in [-0.4, -0.2) is 19.6 Å². The number of ether oxygens (including phenoxy) is 3. The van der Waals surface area contributed by atoms with Gasteiger partial charge in [0.25, 0.3) is 6.47 Å². The van der Waals surface area contributed by atoms with E-state index in [1.54, 1.807) is 32.2 Å². The molecule has 0 aromatic heterocycles. The van der Waals surface area contributed by atoms with Gasteiger partial charge < -0.3 is 14.2 Å². The number of benzene rings is 3. The summed E-state index contributed by atoms with van der Waals surface area (Å²) in [6.45, 7) is 5.56. The fourth-order valence-electron chi connectivity index (χ4n) is 2.77. The van der Waals surface area contributed by atoms with Gasteiger partial charge in [-0.25, -0.2) is 4.79 Å². The molecule has 0 bridgehead atoms. The minimum Gasteiger partial charge on any atom is -0.497 e. The summed E-state index contributed by atoms with van der Waals surface area (Å²) < 4.78 is 15.6. The van der Waals surface area contributed by atoms with E-state index in [0.717, 1.165) is 28.0 Å². The zero-order valence-corrected chi connectivity index (χ0v) is 16.2. The molecule has 3 rings (SSSR count). The van der Waals surface area contributed by atoms with E-state index in [1.165, 1.54) is 0 Å². The molecule has 0 atom stereocenters. The predicted molar refractivity (Wildman–Crippen MR) is 111 cm³/mol. The lowest BCUT2D eigenvalue weighted by Gasteiger charge is -2.11. The van der Waals surface area contributed by atoms with E-state index < -0.39 is 5.97 Å². The van der Waals surface area contributed by atoms with E-state index in [9.17, 15) is 9.59 Å². The molecule has 3 aromatic carbocycles. The number of methoxy groups -OCH3 is 1. The largest absolute Gasteiger partial charge is 0.497 e. The van der Waals surface area contributed by atoms with Crippen LogP contribution in [0.3, 0.4) is 0 Å². The summed E-state index contributed by atoms with van der Waals surface area (Å²) in [5.41, 5.74) is 3.76. The molecule has 5 heteroatoms. The van der Waals surface area contributed by atoms with Gasteiger partial charge in [-0.2, -0.15) is 0 Å². The van der Waals surface area contributed by atoms with Gasteiger partial charge in [0.05, 0.1) is 7.11 Å². The second-order valence-electron chi connectivity index (χ2n) is 6.35. The molecule has 0 N–H and O–H groups in total. The van der Waals surface area contributed by atoms with Crippen LogP contribution in [0.15, 0.2) is 78.9 Å². The first-order valence-electron chi connectivity index (χ1n) is 8.88. The normalized spacial score (nSPS) is 10.1. The lowest BCUT2D eigenvalue weighted by Crippen LogP contribution is -2.07. The van der Waals surface area contributed by atoms with Crippen molar-refractivity contribution in [1.29, 1.82) is 0 Å². The van der Waals surface area contributed by atoms with E-state index in [4.69, 9.17) is 14.2 Å². The van der Waals surface area contributed by atoms with Gasteiger partial charge in [0.15, 0.2) is 0 Å². The lowest BCUT2D eigenvalue weighted by atomic mass is 9.99. The molecule has 0 unspecified atom stereocenters. The van der Waals surface area contributed by atoms with Gasteiger partial charge in [0, 0.05) is 11.1 Å². The SMILES string of the molecule is C=C(C)C(=O)Oc1ccc(-c2ccc(-c3ccc(OC)cc3)c(OC=O)c2)cc1. The second kappa shape index (κ2) is 8.89. The van der Waals surface area contributed by atoms with E-state index in [1.807, 2.05) is 48.5 Å². The van der Waals surface area contributed by atoms with Gasteiger partial charge in [0.1, 0.15) is 17.2 Å². The quantitative estimate of drug-likeness (QED) is 0.245. The summed E-state index contributed by atoms with van der Waals surface area (Å²) in [7, 11) is 1.61. The standard InChI is InChI=1S/C24H20O5/c1-16(2)24(26)29-21-11-4-17(5-12-21)19-8-13-22(23(14-19)28-15-25)18-6-9-20(27-3)10-7-18/h4-15H,1H2,2-3H3. The Bertz CT molecular complexity index is 1030. The first kappa shape index (κ1) is 19.9. The number of esters is 1. The summed E-state index contributed by atoms with van der Waals surface area (Å²) in [4.78, 5) is 22.6. The van der Waals surface area contributed by atoms with Crippen LogP contribution in [0.1, 0.15) is 6.92 Å². The molecule has 0 aliphatic heterocycles. The molecule has 0 spiro atoms. The maximum absolute atomic E-state index is 11.6. The summed E-state index contributed by atoms with van der Waals surface area (Å²) >= 11 is 0. The highest BCUT2D eigenvalue weighted by Crippen LogP contribution is 2.35. The van der Waals surface area contributed by atoms with Crippen molar-refractivity contribution < 1.29 is 23.8 Å². The van der Waals surface area contributed by atoms with Crippen molar-refractivity contribution in [2.75, 3.05) is 7.11 Å². The van der Waals surface area contributed by atoms with Crippen LogP contribution in [0.2, 0.25) is 0 Å². The molecule has 0 heterocycles. The van der Waals surface area contributed by atoms with Crippen molar-refractivity contribution in [2.45, 2.75) is 6.92 Å². The van der Waals surface area contributed by atoms with Gasteiger partial charge in [-0.05, 0) is 53.9 Å². The molecule has 0 radical (unpaired) electrons. The van der Waals surface area contributed by atoms with Crippen LogP contribution in [0.5, 0.6) is 17.2 Å². The van der Waals surface area contributed by atoms with E-state index >= 15 is 0 Å². The second-order valence-corrected chi connectivity index (χ2v) is 6.35. The molecule has 0 saturated heterocycles. The molecule has 0 amide bonds. The fraction of sp³-hybridized carbons (Fsp3) is 0.0833. The molecular weight excluding hydrogens is 368 g/mol. The Hall–Kier alpha value is -3.86. The topological polar surface area (TPSA) is 61.8 Å². The van der Waals surface area contributed by atoms with Crippen molar-refractivity contribution in [3.8, 4) is 39.5 Å². The summed E-state index contributed by atoms with van der Waals surface area (Å²) in [6, 6.07) is 20.2. The van der Waals surface area contributed by atoms with Crippen LogP contribution in [0.4, 0.5) is 0 Å². The van der Waals surface area contributed by atoms with Gasteiger partial charge in [-0.15, -0.1) is 0 Å². The molecule has 3 aromatic rings. The molecule has 0 saturated carbocycles. The Labute approximate surface area is 169 Å². The van der Waals surface area contributed by atoms with Crippen LogP contribution >= 0.6 is 0 Å². The first-order valence-corrected chi connectivity index (χ1v) is 8.88. The van der Waals surface area contributed by atoms with Crippen molar-refractivity contribution >= 4 is 12.4 Å². The first-order chi connectivity index (χ1) is 14.0. The Morgan fingerprint density at radius 3 is 2.03 bits per heavy atom. The van der Waals surface area contributed by atoms with E-state index in [-0.39, 0.29) is 0 Å². The molecule has 0 fully saturated rings. The third-order valence-corrected chi connectivity index (χ3v) is 4.30. The Balaban J connectivity index is 1.90. The maximum atomic E-state index is 11.6. The molecule has 29 heavy (non-hydrogen) atoms. The number of carbonyl (C=O) groups is 2. The zero-order valence-electron chi connectivity index (χ0n) is 16.2. The molecule has 146 valence electrons. The number of rotatable bonds is 7. The molecule has 5 nitrogen and oxygen atoms in total. The average Bonchev–Trinajstić information content (AvgIpc) is 2.74. The highest BCUT2D eigenvalue weighted by atomic mass is 16.5. The third-order valence-electron chi connectivity index (χ3n) is 4.30. The van der Waals surface area contributed by atoms with Crippen molar-refractivity contribution in [3.63, 3.8) is 0 Å². The predicted octanol–water partition coefficient (Wildman–Crippen LogP) is 5.05. The highest BCUT2D eigenvalue weighted by Gasteiger charge is 2.11. The zero-order chi connectivity index (χ0) is 20.8. The minimum atomic E-state index is -0.469. The number of carbonyl (C=O) groups excluding carboxylic acids is 2. The fourth-order valence-corrected chi connectivity index (χ4v) is 2.77. The maximum Gasteiger partial charge on any atom is 0.338 e. The van der Waals surface area contributed by atoms with E-state index in [2.05, 4.69) is 6.58 Å². The Kier molecular flexibility index (Phi) is 6.09. The molecule has 0 aliphatic carbocycles. The van der Waals surface area contributed by atoms with Crippen molar-refractivity contribution in [1.82, 2.24) is 0 Å².